The summed E-state index contributed by atoms with van der Waals surface area (Å²) >= 11 is 1.33. The summed E-state index contributed by atoms with van der Waals surface area (Å²) in [6.45, 7) is 7.01. The molecule has 1 N–H and O–H groups in total. The molecule has 0 aliphatic rings. The van der Waals surface area contributed by atoms with Crippen molar-refractivity contribution in [2.45, 2.75) is 58.7 Å². The van der Waals surface area contributed by atoms with E-state index in [1.165, 1.54) is 11.3 Å². The first-order valence-electron chi connectivity index (χ1n) is 6.45. The Labute approximate surface area is 125 Å². The Morgan fingerprint density at radius 1 is 1.29 bits per heavy atom. The second-order valence-electron chi connectivity index (χ2n) is 5.77. The zero-order valence-electron chi connectivity index (χ0n) is 12.5. The zero-order chi connectivity index (χ0) is 16.3. The number of hydrogen-bond acceptors (Lipinski definition) is 4. The van der Waals surface area contributed by atoms with Crippen LogP contribution < -0.4 is 5.32 Å². The third-order valence-electron chi connectivity index (χ3n) is 2.56. The average Bonchev–Trinajstić information content (AvgIpc) is 2.66. The Hall–Kier alpha value is -0.730. The predicted octanol–water partition coefficient (Wildman–Crippen LogP) is 3.76. The minimum Gasteiger partial charge on any atom is -0.368 e. The minimum atomic E-state index is -4.12. The van der Waals surface area contributed by atoms with Crippen LogP contribution in [0, 0.1) is 6.92 Å². The molecule has 0 radical (unpaired) electrons. The molecule has 0 amide bonds. The van der Waals surface area contributed by atoms with Crippen LogP contribution >= 0.6 is 11.3 Å². The van der Waals surface area contributed by atoms with E-state index in [0.29, 0.717) is 11.6 Å². The van der Waals surface area contributed by atoms with E-state index in [-0.39, 0.29) is 12.1 Å². The summed E-state index contributed by atoms with van der Waals surface area (Å²) in [5, 5.41) is 3.80. The number of nitrogens with one attached hydrogen (secondary N) is 1. The summed E-state index contributed by atoms with van der Waals surface area (Å²) in [6, 6.07) is 0. The average molecular weight is 328 g/mol. The molecule has 8 heteroatoms. The number of thiazole rings is 1. The molecule has 0 saturated heterocycles. The number of rotatable bonds is 7. The molecule has 0 aromatic carbocycles. The number of nitrogens with zero attached hydrogens (tertiary/aromatic N) is 1. The van der Waals surface area contributed by atoms with Crippen molar-refractivity contribution in [3.63, 3.8) is 0 Å². The lowest BCUT2D eigenvalue weighted by Crippen LogP contribution is -2.34. The second kappa shape index (κ2) is 7.02. The van der Waals surface area contributed by atoms with Crippen LogP contribution in [-0.2, 0) is 17.9 Å². The van der Waals surface area contributed by atoms with Crippen molar-refractivity contribution in [3.8, 4) is 0 Å². The molecule has 1 aromatic heterocycles. The van der Waals surface area contributed by atoms with E-state index in [1.807, 2.05) is 27.7 Å². The van der Waals surface area contributed by atoms with Crippen molar-refractivity contribution in [1.82, 2.24) is 10.3 Å². The van der Waals surface area contributed by atoms with Crippen LogP contribution in [0.5, 0.6) is 0 Å². The summed E-state index contributed by atoms with van der Waals surface area (Å²) in [6.07, 6.45) is -3.72. The van der Waals surface area contributed by atoms with E-state index < -0.39 is 19.0 Å². The second-order valence-corrected chi connectivity index (χ2v) is 6.94. The van der Waals surface area contributed by atoms with Gasteiger partial charge in [-0.1, -0.05) is 0 Å². The number of alkyl halides is 4. The number of ether oxygens (including phenoxy) is 1. The fraction of sp³-hybridized carbons (Fsp3) is 0.769. The Morgan fingerprint density at radius 3 is 2.43 bits per heavy atom. The lowest BCUT2D eigenvalue weighted by molar-refractivity contribution is -0.168. The van der Waals surface area contributed by atoms with E-state index >= 15 is 0 Å². The monoisotopic (exact) mass is 328 g/mol. The maximum absolute atomic E-state index is 12.7. The molecule has 0 unspecified atom stereocenters. The number of aryl methyl sites for hydroxylation is 1. The third kappa shape index (κ3) is 6.27. The first kappa shape index (κ1) is 18.3. The lowest BCUT2D eigenvalue weighted by Gasteiger charge is -2.19. The molecule has 0 fully saturated rings. The quantitative estimate of drug-likeness (QED) is 0.774. The van der Waals surface area contributed by atoms with Crippen LogP contribution in [0.25, 0.3) is 0 Å². The molecule has 0 bridgehead atoms. The molecule has 1 rings (SSSR count). The minimum absolute atomic E-state index is 0.0492. The van der Waals surface area contributed by atoms with E-state index in [1.54, 1.807) is 0 Å². The number of aromatic nitrogens is 1. The summed E-state index contributed by atoms with van der Waals surface area (Å²) < 4.78 is 54.0. The van der Waals surface area contributed by atoms with Crippen LogP contribution in [-0.4, -0.2) is 29.5 Å². The molecular formula is C13H20F4N2OS. The maximum Gasteiger partial charge on any atom is 0.330 e. The smallest absolute Gasteiger partial charge is 0.330 e. The first-order chi connectivity index (χ1) is 9.51. The summed E-state index contributed by atoms with van der Waals surface area (Å²) in [5.41, 5.74) is 0.739. The van der Waals surface area contributed by atoms with Gasteiger partial charge in [-0.05, 0) is 27.7 Å². The maximum atomic E-state index is 12.7. The largest absolute Gasteiger partial charge is 0.368 e. The van der Waals surface area contributed by atoms with Gasteiger partial charge in [-0.15, -0.1) is 11.3 Å². The van der Waals surface area contributed by atoms with Crippen LogP contribution in [0.4, 0.5) is 17.6 Å². The normalized spacial score (nSPS) is 13.2. The molecule has 0 aliphatic heterocycles. The van der Waals surface area contributed by atoms with Gasteiger partial charge >= 0.3 is 12.3 Å². The molecule has 122 valence electrons. The van der Waals surface area contributed by atoms with Gasteiger partial charge in [0.15, 0.2) is 0 Å². The topological polar surface area (TPSA) is 34.1 Å². The zero-order valence-corrected chi connectivity index (χ0v) is 13.3. The van der Waals surface area contributed by atoms with Gasteiger partial charge in [0, 0.05) is 17.0 Å². The van der Waals surface area contributed by atoms with Crippen molar-refractivity contribution < 1.29 is 22.3 Å². The fourth-order valence-electron chi connectivity index (χ4n) is 1.40. The van der Waals surface area contributed by atoms with Gasteiger partial charge in [0.25, 0.3) is 0 Å². The molecule has 0 saturated carbocycles. The summed E-state index contributed by atoms with van der Waals surface area (Å²) in [4.78, 5) is 5.17. The highest BCUT2D eigenvalue weighted by atomic mass is 32.1. The van der Waals surface area contributed by atoms with Crippen molar-refractivity contribution >= 4 is 11.3 Å². The number of hydrogen-bond donors (Lipinski definition) is 1. The van der Waals surface area contributed by atoms with Gasteiger partial charge in [-0.3, -0.25) is 0 Å². The van der Waals surface area contributed by atoms with Gasteiger partial charge in [-0.25, -0.2) is 13.8 Å². The molecule has 21 heavy (non-hydrogen) atoms. The van der Waals surface area contributed by atoms with Crippen LogP contribution in [0.3, 0.4) is 0 Å². The molecule has 1 heterocycles. The first-order valence-corrected chi connectivity index (χ1v) is 7.27. The highest BCUT2D eigenvalue weighted by Gasteiger charge is 2.41. The Bertz CT molecular complexity index is 458. The van der Waals surface area contributed by atoms with E-state index in [0.717, 1.165) is 10.6 Å². The van der Waals surface area contributed by atoms with Gasteiger partial charge < -0.3 is 10.1 Å². The number of halogens is 4. The van der Waals surface area contributed by atoms with Crippen LogP contribution in [0.15, 0.2) is 0 Å². The summed E-state index contributed by atoms with van der Waals surface area (Å²) in [5.74, 6) is -4.12. The highest BCUT2D eigenvalue weighted by Crippen LogP contribution is 2.24. The molecule has 0 spiro atoms. The molecular weight excluding hydrogens is 308 g/mol. The van der Waals surface area contributed by atoms with Gasteiger partial charge in [0.2, 0.25) is 0 Å². The molecule has 0 aliphatic carbocycles. The van der Waals surface area contributed by atoms with Crippen molar-refractivity contribution in [3.05, 3.63) is 15.6 Å². The fourth-order valence-corrected chi connectivity index (χ4v) is 2.34. The van der Waals surface area contributed by atoms with Crippen molar-refractivity contribution in [2.75, 3.05) is 6.61 Å². The van der Waals surface area contributed by atoms with E-state index in [9.17, 15) is 17.6 Å². The Morgan fingerprint density at radius 2 is 1.90 bits per heavy atom. The van der Waals surface area contributed by atoms with Crippen molar-refractivity contribution in [2.24, 2.45) is 0 Å². The molecule has 1 aromatic rings. The van der Waals surface area contributed by atoms with Crippen molar-refractivity contribution in [1.29, 1.82) is 0 Å². The molecule has 3 nitrogen and oxygen atoms in total. The van der Waals surface area contributed by atoms with Gasteiger partial charge in [0.05, 0.1) is 12.3 Å². The van der Waals surface area contributed by atoms with Gasteiger partial charge in [0.1, 0.15) is 11.6 Å². The lowest BCUT2D eigenvalue weighted by atomic mass is 10.1. The van der Waals surface area contributed by atoms with E-state index in [4.69, 9.17) is 0 Å². The van der Waals surface area contributed by atoms with E-state index in [2.05, 4.69) is 15.0 Å². The summed E-state index contributed by atoms with van der Waals surface area (Å²) in [7, 11) is 0. The van der Waals surface area contributed by atoms with Crippen LogP contribution in [0.2, 0.25) is 0 Å². The Kier molecular flexibility index (Phi) is 6.12. The standard InChI is InChI=1S/C13H20F4N2OS/c1-8-9(5-18-12(2,3)4)21-10(19-8)6-20-7-13(16,17)11(14)15/h11,18H,5-7H2,1-4H3. The third-order valence-corrected chi connectivity index (χ3v) is 3.69. The van der Waals surface area contributed by atoms with Gasteiger partial charge in [-0.2, -0.15) is 8.78 Å². The Balaban J connectivity index is 2.51. The highest BCUT2D eigenvalue weighted by molar-refractivity contribution is 7.11. The van der Waals surface area contributed by atoms with Crippen LogP contribution in [0.1, 0.15) is 36.3 Å². The molecule has 0 atom stereocenters. The predicted molar refractivity (Wildman–Crippen MR) is 74.1 cm³/mol. The SMILES string of the molecule is Cc1nc(COCC(F)(F)C(F)F)sc1CNC(C)(C)C.